The third-order valence-electron chi connectivity index (χ3n) is 5.31. The van der Waals surface area contributed by atoms with Gasteiger partial charge in [-0.15, -0.1) is 0 Å². The average Bonchev–Trinajstić information content (AvgIpc) is 2.77. The summed E-state index contributed by atoms with van der Waals surface area (Å²) in [7, 11) is 0. The smallest absolute Gasteiger partial charge is 0.321 e. The van der Waals surface area contributed by atoms with Crippen LogP contribution in [0, 0.1) is 5.92 Å². The van der Waals surface area contributed by atoms with Crippen LogP contribution >= 0.6 is 0 Å². The Morgan fingerprint density at radius 2 is 1.46 bits per heavy atom. The molecule has 0 aromatic heterocycles. The minimum absolute atomic E-state index is 0.00886. The zero-order valence-corrected chi connectivity index (χ0v) is 21.4. The Morgan fingerprint density at radius 1 is 0.886 bits per heavy atom. The van der Waals surface area contributed by atoms with Crippen molar-refractivity contribution in [3.63, 3.8) is 0 Å². The standard InChI is InChI=1S/C26H39NO8/c1-6-8-22(28)34-20-12-11-18(15-21(20)35-23(29)9-7-2)19(25(27)26(31)32)14-17(5)33-24(30)13-10-16(3)4/h11-12,15-17,19,25H,6-10,13-14,27H2,1-5H3,(H,31,32)/t17?,19?,25-/m0/s1. The number of carboxylic acids is 1. The molecule has 0 bridgehead atoms. The van der Waals surface area contributed by atoms with Crippen molar-refractivity contribution in [1.82, 2.24) is 0 Å². The summed E-state index contributed by atoms with van der Waals surface area (Å²) in [6.45, 7) is 9.35. The van der Waals surface area contributed by atoms with E-state index in [1.165, 1.54) is 12.1 Å². The first-order valence-corrected chi connectivity index (χ1v) is 12.2. The first kappa shape index (κ1) is 30.1. The Hall–Kier alpha value is -2.94. The molecule has 35 heavy (non-hydrogen) atoms. The predicted octanol–water partition coefficient (Wildman–Crippen LogP) is 4.35. The molecule has 0 heterocycles. The summed E-state index contributed by atoms with van der Waals surface area (Å²) in [5.41, 5.74) is 6.45. The summed E-state index contributed by atoms with van der Waals surface area (Å²) in [6.07, 6.45) is 2.00. The Morgan fingerprint density at radius 3 is 1.97 bits per heavy atom. The number of ether oxygens (including phenoxy) is 3. The van der Waals surface area contributed by atoms with Crippen molar-refractivity contribution >= 4 is 23.9 Å². The molecule has 0 aliphatic rings. The van der Waals surface area contributed by atoms with E-state index in [9.17, 15) is 24.3 Å². The van der Waals surface area contributed by atoms with Crippen LogP contribution in [-0.4, -0.2) is 41.1 Å². The van der Waals surface area contributed by atoms with E-state index in [2.05, 4.69) is 0 Å². The summed E-state index contributed by atoms with van der Waals surface area (Å²) < 4.78 is 16.3. The van der Waals surface area contributed by atoms with Crippen molar-refractivity contribution in [2.45, 2.75) is 97.6 Å². The van der Waals surface area contributed by atoms with Gasteiger partial charge in [0.25, 0.3) is 0 Å². The summed E-state index contributed by atoms with van der Waals surface area (Å²) in [5, 5.41) is 9.58. The number of rotatable bonds is 15. The van der Waals surface area contributed by atoms with Crippen molar-refractivity contribution in [2.24, 2.45) is 11.7 Å². The number of nitrogens with two attached hydrogens (primary N) is 1. The molecule has 0 saturated carbocycles. The number of carbonyl (C=O) groups excluding carboxylic acids is 3. The maximum absolute atomic E-state index is 12.2. The van der Waals surface area contributed by atoms with Gasteiger partial charge in [-0.3, -0.25) is 19.2 Å². The Kier molecular flexibility index (Phi) is 13.0. The lowest BCUT2D eigenvalue weighted by atomic mass is 9.87. The summed E-state index contributed by atoms with van der Waals surface area (Å²) in [5.74, 6) is -2.91. The number of esters is 3. The predicted molar refractivity (Wildman–Crippen MR) is 130 cm³/mol. The topological polar surface area (TPSA) is 142 Å². The molecule has 3 N–H and O–H groups in total. The van der Waals surface area contributed by atoms with Gasteiger partial charge in [-0.25, -0.2) is 0 Å². The van der Waals surface area contributed by atoms with Crippen molar-refractivity contribution < 1.29 is 38.5 Å². The van der Waals surface area contributed by atoms with Gasteiger partial charge in [0.15, 0.2) is 11.5 Å². The van der Waals surface area contributed by atoms with Gasteiger partial charge in [0.2, 0.25) is 0 Å². The second kappa shape index (κ2) is 15.1. The Labute approximate surface area is 207 Å². The molecular weight excluding hydrogens is 454 g/mol. The van der Waals surface area contributed by atoms with Crippen molar-refractivity contribution in [3.05, 3.63) is 23.8 Å². The third kappa shape index (κ3) is 10.9. The molecule has 1 aromatic rings. The van der Waals surface area contributed by atoms with Gasteiger partial charge in [0.1, 0.15) is 6.04 Å². The molecule has 3 atom stereocenters. The van der Waals surface area contributed by atoms with E-state index >= 15 is 0 Å². The van der Waals surface area contributed by atoms with Crippen LogP contribution in [0.25, 0.3) is 0 Å². The molecule has 0 saturated heterocycles. The maximum atomic E-state index is 12.2. The zero-order valence-electron chi connectivity index (χ0n) is 21.4. The van der Waals surface area contributed by atoms with E-state index in [1.54, 1.807) is 13.0 Å². The van der Waals surface area contributed by atoms with Crippen molar-refractivity contribution in [3.8, 4) is 11.5 Å². The molecule has 196 valence electrons. The number of benzene rings is 1. The van der Waals surface area contributed by atoms with Crippen molar-refractivity contribution in [1.29, 1.82) is 0 Å². The third-order valence-corrected chi connectivity index (χ3v) is 5.31. The fourth-order valence-corrected chi connectivity index (χ4v) is 3.43. The SMILES string of the molecule is CCCC(=O)Oc1ccc(C(CC(C)OC(=O)CCC(C)C)[C@H](N)C(=O)O)cc1OC(=O)CCC. The first-order chi connectivity index (χ1) is 16.5. The molecule has 0 amide bonds. The van der Waals surface area contributed by atoms with E-state index in [1.807, 2.05) is 27.7 Å². The number of hydrogen-bond acceptors (Lipinski definition) is 8. The van der Waals surface area contributed by atoms with Crippen LogP contribution in [0.1, 0.15) is 91.0 Å². The van der Waals surface area contributed by atoms with Gasteiger partial charge in [-0.1, -0.05) is 33.8 Å². The van der Waals surface area contributed by atoms with Crippen LogP contribution in [-0.2, 0) is 23.9 Å². The second-order valence-electron chi connectivity index (χ2n) is 9.09. The zero-order chi connectivity index (χ0) is 26.5. The molecular formula is C26H39NO8. The van der Waals surface area contributed by atoms with E-state index in [0.29, 0.717) is 30.7 Å². The highest BCUT2D eigenvalue weighted by Gasteiger charge is 2.30. The molecule has 9 heteroatoms. The van der Waals surface area contributed by atoms with Gasteiger partial charge >= 0.3 is 23.9 Å². The van der Waals surface area contributed by atoms with Crippen LogP contribution in [0.4, 0.5) is 0 Å². The van der Waals surface area contributed by atoms with Crippen LogP contribution in [0.2, 0.25) is 0 Å². The minimum atomic E-state index is -1.31. The maximum Gasteiger partial charge on any atom is 0.321 e. The van der Waals surface area contributed by atoms with E-state index in [0.717, 1.165) is 0 Å². The van der Waals surface area contributed by atoms with Gasteiger partial charge in [-0.05, 0) is 56.2 Å². The normalized spacial score (nSPS) is 13.6. The molecule has 0 radical (unpaired) electrons. The highest BCUT2D eigenvalue weighted by molar-refractivity contribution is 5.77. The quantitative estimate of drug-likeness (QED) is 0.269. The lowest BCUT2D eigenvalue weighted by Gasteiger charge is -2.25. The fraction of sp³-hybridized carbons (Fsp3) is 0.615. The van der Waals surface area contributed by atoms with Crippen LogP contribution in [0.15, 0.2) is 18.2 Å². The molecule has 1 rings (SSSR count). The lowest BCUT2D eigenvalue weighted by Crippen LogP contribution is -2.38. The average molecular weight is 494 g/mol. The highest BCUT2D eigenvalue weighted by atomic mass is 16.6. The number of aliphatic carboxylic acids is 1. The number of carbonyl (C=O) groups is 4. The molecule has 2 unspecified atom stereocenters. The minimum Gasteiger partial charge on any atom is -0.480 e. The second-order valence-corrected chi connectivity index (χ2v) is 9.09. The van der Waals surface area contributed by atoms with E-state index in [-0.39, 0.29) is 43.2 Å². The van der Waals surface area contributed by atoms with Crippen LogP contribution in [0.5, 0.6) is 11.5 Å². The molecule has 0 aliphatic heterocycles. The first-order valence-electron chi connectivity index (χ1n) is 12.2. The van der Waals surface area contributed by atoms with Gasteiger partial charge in [-0.2, -0.15) is 0 Å². The van der Waals surface area contributed by atoms with Gasteiger partial charge in [0, 0.05) is 25.2 Å². The molecule has 0 fully saturated rings. The van der Waals surface area contributed by atoms with Gasteiger partial charge in [0.05, 0.1) is 6.10 Å². The molecule has 0 aliphatic carbocycles. The van der Waals surface area contributed by atoms with E-state index in [4.69, 9.17) is 19.9 Å². The largest absolute Gasteiger partial charge is 0.480 e. The van der Waals surface area contributed by atoms with Gasteiger partial charge < -0.3 is 25.1 Å². The Bertz CT molecular complexity index is 867. The molecule has 1 aromatic carbocycles. The molecule has 9 nitrogen and oxygen atoms in total. The fourth-order valence-electron chi connectivity index (χ4n) is 3.43. The number of hydrogen-bond donors (Lipinski definition) is 2. The van der Waals surface area contributed by atoms with E-state index < -0.39 is 36.0 Å². The molecule has 0 spiro atoms. The number of carboxylic acid groups (broad SMARTS) is 1. The van der Waals surface area contributed by atoms with Crippen molar-refractivity contribution in [2.75, 3.05) is 0 Å². The van der Waals surface area contributed by atoms with Crippen LogP contribution in [0.3, 0.4) is 0 Å². The summed E-state index contributed by atoms with van der Waals surface area (Å²) in [6, 6.07) is 3.19. The monoisotopic (exact) mass is 493 g/mol. The summed E-state index contributed by atoms with van der Waals surface area (Å²) in [4.78, 5) is 48.1. The lowest BCUT2D eigenvalue weighted by molar-refractivity contribution is -0.149. The summed E-state index contributed by atoms with van der Waals surface area (Å²) >= 11 is 0. The highest BCUT2D eigenvalue weighted by Crippen LogP contribution is 2.35. The Balaban J connectivity index is 3.23. The van der Waals surface area contributed by atoms with Crippen LogP contribution < -0.4 is 15.2 Å².